The summed E-state index contributed by atoms with van der Waals surface area (Å²) in [6, 6.07) is 7.82. The van der Waals surface area contributed by atoms with Crippen molar-refractivity contribution in [3.8, 4) is 11.1 Å². The van der Waals surface area contributed by atoms with Gasteiger partial charge in [0.1, 0.15) is 5.69 Å². The average molecular weight is 442 g/mol. The van der Waals surface area contributed by atoms with Crippen molar-refractivity contribution in [2.24, 2.45) is 18.7 Å². The van der Waals surface area contributed by atoms with E-state index in [1.807, 2.05) is 25.4 Å². The number of nitrogens with two attached hydrogens (primary N) is 1. The third-order valence-corrected chi connectivity index (χ3v) is 8.61. The molecular formula is C22H27N5O3S. The number of fused-ring (bicyclic) bond motifs is 1. The molecule has 164 valence electrons. The molecule has 9 heteroatoms. The highest BCUT2D eigenvalue weighted by atomic mass is 32.3. The van der Waals surface area contributed by atoms with Gasteiger partial charge in [0.25, 0.3) is 5.91 Å². The van der Waals surface area contributed by atoms with Gasteiger partial charge >= 0.3 is 0 Å². The van der Waals surface area contributed by atoms with E-state index in [1.54, 1.807) is 16.9 Å². The van der Waals surface area contributed by atoms with Crippen LogP contribution in [0.3, 0.4) is 0 Å². The van der Waals surface area contributed by atoms with Crippen LogP contribution in [0, 0.1) is 5.92 Å². The number of rotatable bonds is 5. The Labute approximate surface area is 182 Å². The van der Waals surface area contributed by atoms with Crippen molar-refractivity contribution in [1.29, 1.82) is 0 Å². The quantitative estimate of drug-likeness (QED) is 0.560. The van der Waals surface area contributed by atoms with Crippen molar-refractivity contribution in [2.75, 3.05) is 18.8 Å². The van der Waals surface area contributed by atoms with Crippen molar-refractivity contribution in [1.82, 2.24) is 19.7 Å². The summed E-state index contributed by atoms with van der Waals surface area (Å²) < 4.78 is 22.6. The molecule has 0 radical (unpaired) electrons. The first-order valence-corrected chi connectivity index (χ1v) is 12.3. The van der Waals surface area contributed by atoms with Crippen LogP contribution in [0.2, 0.25) is 0 Å². The Hall–Kier alpha value is -2.46. The summed E-state index contributed by atoms with van der Waals surface area (Å²) in [5.74, 6) is 0.328. The third kappa shape index (κ3) is 4.06. The van der Waals surface area contributed by atoms with Crippen molar-refractivity contribution >= 4 is 27.4 Å². The lowest BCUT2D eigenvalue weighted by Crippen LogP contribution is -2.44. The van der Waals surface area contributed by atoms with E-state index in [1.165, 1.54) is 0 Å². The van der Waals surface area contributed by atoms with Crippen LogP contribution in [-0.4, -0.2) is 58.8 Å². The number of pyridine rings is 1. The third-order valence-electron chi connectivity index (χ3n) is 6.33. The van der Waals surface area contributed by atoms with Gasteiger partial charge in [-0.1, -0.05) is 12.1 Å². The topological polar surface area (TPSA) is 118 Å². The molecule has 2 aliphatic rings. The lowest BCUT2D eigenvalue weighted by molar-refractivity contribution is 0.0996. The van der Waals surface area contributed by atoms with Gasteiger partial charge in [-0.05, 0) is 42.0 Å². The maximum absolute atomic E-state index is 11.9. The highest BCUT2D eigenvalue weighted by Crippen LogP contribution is 2.55. The molecule has 1 saturated carbocycles. The Morgan fingerprint density at radius 1 is 1.29 bits per heavy atom. The van der Waals surface area contributed by atoms with Gasteiger partial charge in [-0.3, -0.25) is 23.5 Å². The number of benzene rings is 1. The molecule has 5 rings (SSSR count). The fourth-order valence-electron chi connectivity index (χ4n) is 4.50. The van der Waals surface area contributed by atoms with Crippen LogP contribution in [0.4, 0.5) is 0 Å². The number of hydrogen-bond acceptors (Lipinski definition) is 6. The van der Waals surface area contributed by atoms with Crippen LogP contribution in [0.15, 0.2) is 36.7 Å². The Bertz CT molecular complexity index is 1160. The lowest BCUT2D eigenvalue weighted by Gasteiger charge is -2.48. The first kappa shape index (κ1) is 20.4. The molecule has 3 aromatic rings. The molecule has 1 saturated heterocycles. The molecule has 1 unspecified atom stereocenters. The predicted octanol–water partition coefficient (Wildman–Crippen LogP) is 3.08. The normalized spacial score (nSPS) is 22.5. The van der Waals surface area contributed by atoms with Gasteiger partial charge in [-0.2, -0.15) is 15.7 Å². The zero-order valence-corrected chi connectivity index (χ0v) is 18.3. The van der Waals surface area contributed by atoms with E-state index in [-0.39, 0.29) is 10.9 Å². The lowest BCUT2D eigenvalue weighted by atomic mass is 10.0. The minimum atomic E-state index is -2.48. The van der Waals surface area contributed by atoms with E-state index in [2.05, 4.69) is 21.0 Å². The van der Waals surface area contributed by atoms with E-state index in [9.17, 15) is 13.9 Å². The van der Waals surface area contributed by atoms with Crippen LogP contribution >= 0.6 is 10.6 Å². The van der Waals surface area contributed by atoms with Gasteiger partial charge in [0.15, 0.2) is 0 Å². The Morgan fingerprint density at radius 3 is 2.77 bits per heavy atom. The average Bonchev–Trinajstić information content (AvgIpc) is 3.48. The van der Waals surface area contributed by atoms with Gasteiger partial charge in [0, 0.05) is 43.8 Å². The Morgan fingerprint density at radius 2 is 2.10 bits per heavy atom. The van der Waals surface area contributed by atoms with Crippen LogP contribution in [0.1, 0.15) is 28.9 Å². The molecule has 3 heterocycles. The number of primary amides is 1. The zero-order chi connectivity index (χ0) is 21.8. The fourth-order valence-corrected chi connectivity index (χ4v) is 6.67. The molecular weight excluding hydrogens is 414 g/mol. The van der Waals surface area contributed by atoms with Crippen molar-refractivity contribution < 1.29 is 13.9 Å². The molecule has 0 spiro atoms. The molecule has 2 aromatic heterocycles. The SMILES string of the molecule is Cn1cc(-c2cc(C(N)=O)nc3cc(CN4CCS(O)(O)C(C5CC5)C4)ccc23)cn1. The van der Waals surface area contributed by atoms with Crippen LogP contribution < -0.4 is 5.73 Å². The summed E-state index contributed by atoms with van der Waals surface area (Å²) >= 11 is 0. The highest BCUT2D eigenvalue weighted by Gasteiger charge is 2.43. The van der Waals surface area contributed by atoms with Gasteiger partial charge < -0.3 is 5.73 Å². The van der Waals surface area contributed by atoms with Crippen molar-refractivity contribution in [3.05, 3.63) is 47.9 Å². The molecule has 1 aliphatic carbocycles. The molecule has 4 N–H and O–H groups in total. The molecule has 8 nitrogen and oxygen atoms in total. The Balaban J connectivity index is 1.46. The highest BCUT2D eigenvalue weighted by molar-refractivity contribution is 8.24. The van der Waals surface area contributed by atoms with E-state index in [4.69, 9.17) is 5.73 Å². The van der Waals surface area contributed by atoms with Gasteiger partial charge in [0.2, 0.25) is 0 Å². The molecule has 1 aromatic carbocycles. The maximum atomic E-state index is 11.9. The van der Waals surface area contributed by atoms with E-state index in [0.29, 0.717) is 36.8 Å². The maximum Gasteiger partial charge on any atom is 0.267 e. The smallest absolute Gasteiger partial charge is 0.267 e. The molecule has 2 fully saturated rings. The van der Waals surface area contributed by atoms with Crippen LogP contribution in [0.5, 0.6) is 0 Å². The van der Waals surface area contributed by atoms with Crippen molar-refractivity contribution in [3.63, 3.8) is 0 Å². The molecule has 1 amide bonds. The fraction of sp³-hybridized carbons (Fsp3) is 0.409. The minimum absolute atomic E-state index is 0.0153. The molecule has 1 atom stereocenters. The first-order chi connectivity index (χ1) is 14.8. The number of nitrogens with zero attached hydrogens (tertiary/aromatic N) is 4. The van der Waals surface area contributed by atoms with Gasteiger partial charge in [-0.25, -0.2) is 4.98 Å². The number of aryl methyl sites for hydroxylation is 1. The summed E-state index contributed by atoms with van der Waals surface area (Å²) in [5, 5.41) is 5.16. The number of hydrogen-bond donors (Lipinski definition) is 3. The zero-order valence-electron chi connectivity index (χ0n) is 17.4. The standard InChI is InChI=1S/C22H27N5O3S/c1-26-12-16(10-24-26)18-9-20(22(23)28)25-19-8-14(2-5-17(18)19)11-27-6-7-31(29,30)21(13-27)15-3-4-15/h2,5,8-10,12,15,21,29-30H,3-4,6-7,11,13H2,1H3,(H2,23,28). The monoisotopic (exact) mass is 441 g/mol. The summed E-state index contributed by atoms with van der Waals surface area (Å²) in [7, 11) is -0.633. The molecule has 0 bridgehead atoms. The minimum Gasteiger partial charge on any atom is -0.364 e. The number of amides is 1. The van der Waals surface area contributed by atoms with Gasteiger partial charge in [0.05, 0.1) is 22.7 Å². The summed E-state index contributed by atoms with van der Waals surface area (Å²) in [5.41, 5.74) is 9.34. The number of carbonyl (C=O) groups excluding carboxylic acids is 1. The van der Waals surface area contributed by atoms with E-state index >= 15 is 0 Å². The predicted molar refractivity (Wildman–Crippen MR) is 122 cm³/mol. The second kappa shape index (κ2) is 7.59. The van der Waals surface area contributed by atoms with Crippen molar-refractivity contribution in [2.45, 2.75) is 24.6 Å². The Kier molecular flexibility index (Phi) is 5.01. The van der Waals surface area contributed by atoms with Crippen LogP contribution in [-0.2, 0) is 13.6 Å². The van der Waals surface area contributed by atoms with E-state index < -0.39 is 16.5 Å². The molecule has 1 aliphatic heterocycles. The number of carbonyl (C=O) groups is 1. The van der Waals surface area contributed by atoms with Gasteiger partial charge in [-0.15, -0.1) is 0 Å². The second-order valence-corrected chi connectivity index (χ2v) is 11.2. The molecule has 31 heavy (non-hydrogen) atoms. The first-order valence-electron chi connectivity index (χ1n) is 10.5. The van der Waals surface area contributed by atoms with Crippen LogP contribution in [0.25, 0.3) is 22.0 Å². The second-order valence-electron chi connectivity index (χ2n) is 8.71. The van der Waals surface area contributed by atoms with E-state index in [0.717, 1.165) is 34.9 Å². The summed E-state index contributed by atoms with van der Waals surface area (Å²) in [6.45, 7) is 2.08. The summed E-state index contributed by atoms with van der Waals surface area (Å²) in [4.78, 5) is 18.7. The summed E-state index contributed by atoms with van der Waals surface area (Å²) in [6.07, 6.45) is 5.86. The largest absolute Gasteiger partial charge is 0.364 e. The number of aromatic nitrogens is 3.